The molecule has 1 unspecified atom stereocenters. The number of ether oxygens (including phenoxy) is 1. The second-order valence-corrected chi connectivity index (χ2v) is 9.47. The van der Waals surface area contributed by atoms with Crippen LogP contribution in [0.25, 0.3) is 16.0 Å². The van der Waals surface area contributed by atoms with Gasteiger partial charge in [-0.3, -0.25) is 14.5 Å². The van der Waals surface area contributed by atoms with Gasteiger partial charge in [0, 0.05) is 5.56 Å². The zero-order valence-corrected chi connectivity index (χ0v) is 20.4. The zero-order chi connectivity index (χ0) is 24.7. The molecule has 1 amide bonds. The summed E-state index contributed by atoms with van der Waals surface area (Å²) < 4.78 is 6.15. The SMILES string of the molecule is CCc1ccc2nc(N3C(=O)C(=O)/C(=C(/O)c4ccc(OC)cc4)C3c3cccc(C)c3)sc2c1. The summed E-state index contributed by atoms with van der Waals surface area (Å²) in [6.45, 7) is 4.03. The van der Waals surface area contributed by atoms with Crippen molar-refractivity contribution in [2.45, 2.75) is 26.3 Å². The molecule has 0 bridgehead atoms. The van der Waals surface area contributed by atoms with Crippen LogP contribution in [0.15, 0.2) is 72.3 Å². The lowest BCUT2D eigenvalue weighted by atomic mass is 9.94. The van der Waals surface area contributed by atoms with Crippen LogP contribution in [0.5, 0.6) is 5.75 Å². The Hall–Kier alpha value is -3.97. The second kappa shape index (κ2) is 9.00. The maximum Gasteiger partial charge on any atom is 0.301 e. The fourth-order valence-electron chi connectivity index (χ4n) is 4.37. The van der Waals surface area contributed by atoms with Crippen LogP contribution in [0, 0.1) is 6.92 Å². The van der Waals surface area contributed by atoms with Crippen molar-refractivity contribution < 1.29 is 19.4 Å². The Balaban J connectivity index is 1.70. The summed E-state index contributed by atoms with van der Waals surface area (Å²) in [6.07, 6.45) is 0.888. The first-order valence-electron chi connectivity index (χ1n) is 11.3. The molecule has 6 nitrogen and oxygen atoms in total. The molecular formula is C28H24N2O4S. The summed E-state index contributed by atoms with van der Waals surface area (Å²) in [4.78, 5) is 32.9. The summed E-state index contributed by atoms with van der Waals surface area (Å²) in [6, 6.07) is 19.6. The van der Waals surface area contributed by atoms with Crippen molar-refractivity contribution in [1.29, 1.82) is 0 Å². The predicted molar refractivity (Wildman–Crippen MR) is 138 cm³/mol. The first-order valence-corrected chi connectivity index (χ1v) is 12.1. The van der Waals surface area contributed by atoms with Crippen molar-refractivity contribution in [2.24, 2.45) is 0 Å². The Morgan fingerprint density at radius 1 is 1.09 bits per heavy atom. The molecule has 35 heavy (non-hydrogen) atoms. The number of Topliss-reactive ketones (excluding diaryl/α,β-unsaturated/α-hetero) is 1. The van der Waals surface area contributed by atoms with Crippen molar-refractivity contribution in [3.05, 3.63) is 94.6 Å². The number of carbonyl (C=O) groups is 2. The van der Waals surface area contributed by atoms with E-state index in [1.807, 2.05) is 43.3 Å². The van der Waals surface area contributed by atoms with Crippen LogP contribution >= 0.6 is 11.3 Å². The standard InChI is InChI=1S/C28H24N2O4S/c1-4-17-8-13-21-22(15-17)35-28(29-21)30-24(19-7-5-6-16(2)14-19)23(26(32)27(30)33)25(31)18-9-11-20(34-3)12-10-18/h5-15,24,31H,4H2,1-3H3/b25-23+. The Kier molecular flexibility index (Phi) is 5.86. The van der Waals surface area contributed by atoms with Gasteiger partial charge in [-0.05, 0) is 60.9 Å². The molecule has 3 aromatic carbocycles. The number of fused-ring (bicyclic) bond motifs is 1. The molecule has 1 saturated heterocycles. The summed E-state index contributed by atoms with van der Waals surface area (Å²) in [5, 5.41) is 11.7. The normalized spacial score (nSPS) is 17.3. The van der Waals surface area contributed by atoms with Gasteiger partial charge in [-0.1, -0.05) is 54.2 Å². The van der Waals surface area contributed by atoms with Gasteiger partial charge in [0.05, 0.1) is 28.9 Å². The minimum atomic E-state index is -0.803. The smallest absolute Gasteiger partial charge is 0.301 e. The molecule has 5 rings (SSSR count). The highest BCUT2D eigenvalue weighted by atomic mass is 32.1. The molecule has 4 aromatic rings. The van der Waals surface area contributed by atoms with Crippen LogP contribution in [-0.4, -0.2) is 28.9 Å². The predicted octanol–water partition coefficient (Wildman–Crippen LogP) is 5.80. The molecule has 0 aliphatic carbocycles. The highest BCUT2D eigenvalue weighted by molar-refractivity contribution is 7.22. The highest BCUT2D eigenvalue weighted by Crippen LogP contribution is 2.44. The van der Waals surface area contributed by atoms with Crippen LogP contribution in [0.3, 0.4) is 0 Å². The average Bonchev–Trinajstić information content (AvgIpc) is 3.41. The van der Waals surface area contributed by atoms with E-state index >= 15 is 0 Å². The third-order valence-electron chi connectivity index (χ3n) is 6.22. The van der Waals surface area contributed by atoms with Crippen LogP contribution in [0.4, 0.5) is 5.13 Å². The van der Waals surface area contributed by atoms with E-state index in [2.05, 4.69) is 13.0 Å². The number of aryl methyl sites for hydroxylation is 2. The molecule has 0 radical (unpaired) electrons. The molecular weight excluding hydrogens is 460 g/mol. The number of aliphatic hydroxyl groups is 1. The van der Waals surface area contributed by atoms with Gasteiger partial charge >= 0.3 is 5.91 Å². The minimum Gasteiger partial charge on any atom is -0.507 e. The Bertz CT molecular complexity index is 1490. The van der Waals surface area contributed by atoms with Gasteiger partial charge in [0.1, 0.15) is 11.5 Å². The minimum absolute atomic E-state index is 0.0410. The highest BCUT2D eigenvalue weighted by Gasteiger charge is 2.48. The number of ketones is 1. The largest absolute Gasteiger partial charge is 0.507 e. The fourth-order valence-corrected chi connectivity index (χ4v) is 5.43. The molecule has 1 aliphatic heterocycles. The average molecular weight is 485 g/mol. The van der Waals surface area contributed by atoms with E-state index in [0.717, 1.165) is 27.8 Å². The lowest BCUT2D eigenvalue weighted by Gasteiger charge is -2.23. The number of hydrogen-bond acceptors (Lipinski definition) is 6. The van der Waals surface area contributed by atoms with Crippen LogP contribution in [0.2, 0.25) is 0 Å². The van der Waals surface area contributed by atoms with E-state index in [0.29, 0.717) is 16.4 Å². The first-order chi connectivity index (χ1) is 16.9. The van der Waals surface area contributed by atoms with Gasteiger partial charge in [-0.2, -0.15) is 0 Å². The quantitative estimate of drug-likeness (QED) is 0.220. The van der Waals surface area contributed by atoms with E-state index in [1.54, 1.807) is 31.4 Å². The van der Waals surface area contributed by atoms with Gasteiger partial charge in [-0.15, -0.1) is 0 Å². The van der Waals surface area contributed by atoms with Crippen molar-refractivity contribution in [3.8, 4) is 5.75 Å². The van der Waals surface area contributed by atoms with Crippen LogP contribution < -0.4 is 9.64 Å². The van der Waals surface area contributed by atoms with Crippen molar-refractivity contribution in [1.82, 2.24) is 4.98 Å². The number of thiazole rings is 1. The third kappa shape index (κ3) is 3.98. The molecule has 1 fully saturated rings. The van der Waals surface area contributed by atoms with Gasteiger partial charge in [0.15, 0.2) is 5.13 Å². The maximum atomic E-state index is 13.4. The van der Waals surface area contributed by atoms with Gasteiger partial charge in [0.2, 0.25) is 0 Å². The molecule has 1 aliphatic rings. The summed E-state index contributed by atoms with van der Waals surface area (Å²) in [5.41, 5.74) is 4.12. The van der Waals surface area contributed by atoms with Crippen molar-refractivity contribution >= 4 is 44.1 Å². The number of aliphatic hydroxyl groups excluding tert-OH is 1. The molecule has 7 heteroatoms. The number of carbonyl (C=O) groups excluding carboxylic acids is 2. The molecule has 0 saturated carbocycles. The Morgan fingerprint density at radius 2 is 1.86 bits per heavy atom. The summed E-state index contributed by atoms with van der Waals surface area (Å²) in [7, 11) is 1.56. The van der Waals surface area contributed by atoms with E-state index in [-0.39, 0.29) is 11.3 Å². The van der Waals surface area contributed by atoms with E-state index in [1.165, 1.54) is 21.8 Å². The van der Waals surface area contributed by atoms with Gasteiger partial charge in [-0.25, -0.2) is 4.98 Å². The third-order valence-corrected chi connectivity index (χ3v) is 7.24. The summed E-state index contributed by atoms with van der Waals surface area (Å²) >= 11 is 1.37. The van der Waals surface area contributed by atoms with E-state index in [4.69, 9.17) is 9.72 Å². The number of anilines is 1. The molecule has 1 aromatic heterocycles. The lowest BCUT2D eigenvalue weighted by molar-refractivity contribution is -0.132. The second-order valence-electron chi connectivity index (χ2n) is 8.46. The van der Waals surface area contributed by atoms with Crippen LogP contribution in [-0.2, 0) is 16.0 Å². The molecule has 1 N–H and O–H groups in total. The molecule has 1 atom stereocenters. The molecule has 0 spiro atoms. The number of methoxy groups -OCH3 is 1. The number of amides is 1. The summed E-state index contributed by atoms with van der Waals surface area (Å²) in [5.74, 6) is -1.05. The van der Waals surface area contributed by atoms with Crippen molar-refractivity contribution in [3.63, 3.8) is 0 Å². The Morgan fingerprint density at radius 3 is 2.54 bits per heavy atom. The topological polar surface area (TPSA) is 79.7 Å². The van der Waals surface area contributed by atoms with E-state index < -0.39 is 17.7 Å². The molecule has 2 heterocycles. The first kappa shape index (κ1) is 22.8. The zero-order valence-electron chi connectivity index (χ0n) is 19.6. The monoisotopic (exact) mass is 484 g/mol. The van der Waals surface area contributed by atoms with Gasteiger partial charge < -0.3 is 9.84 Å². The number of hydrogen-bond donors (Lipinski definition) is 1. The lowest BCUT2D eigenvalue weighted by Crippen LogP contribution is -2.29. The fraction of sp³-hybridized carbons (Fsp3) is 0.179. The number of rotatable bonds is 5. The molecule has 176 valence electrons. The Labute approximate surface area is 207 Å². The number of aromatic nitrogens is 1. The van der Waals surface area contributed by atoms with Crippen molar-refractivity contribution in [2.75, 3.05) is 12.0 Å². The number of nitrogens with zero attached hydrogens (tertiary/aromatic N) is 2. The number of benzene rings is 3. The van der Waals surface area contributed by atoms with Crippen LogP contribution in [0.1, 0.15) is 35.2 Å². The van der Waals surface area contributed by atoms with E-state index in [9.17, 15) is 14.7 Å². The van der Waals surface area contributed by atoms with Gasteiger partial charge in [0.25, 0.3) is 5.78 Å². The maximum absolute atomic E-state index is 13.4.